The second-order valence-electron chi connectivity index (χ2n) is 13.7. The van der Waals surface area contributed by atoms with Crippen LogP contribution in [0.15, 0.2) is 60.7 Å². The van der Waals surface area contributed by atoms with Gasteiger partial charge in [-0.2, -0.15) is 0 Å². The van der Waals surface area contributed by atoms with E-state index in [-0.39, 0.29) is 17.1 Å². The Bertz CT molecular complexity index is 1550. The summed E-state index contributed by atoms with van der Waals surface area (Å²) in [5.41, 5.74) is 6.53. The van der Waals surface area contributed by atoms with E-state index in [2.05, 4.69) is 40.5 Å². The lowest BCUT2D eigenvalue weighted by atomic mass is 9.55. The minimum Gasteiger partial charge on any atom is -0.507 e. The Morgan fingerprint density at radius 3 is 2.49 bits per heavy atom. The minimum atomic E-state index is -0.206. The lowest BCUT2D eigenvalue weighted by Gasteiger charge is -2.57. The quantitative estimate of drug-likeness (QED) is 0.266. The van der Waals surface area contributed by atoms with Crippen LogP contribution in [0.1, 0.15) is 75.9 Å². The SMILES string of the molecule is O=Cc1ccc(-c2ccc(CCNC(=O)c3ccc4c(c3O)C35CCN(CC6CC6)C(C4)C3CCC3OC3C5)cc2)cc1. The Hall–Kier alpha value is -3.48. The van der Waals surface area contributed by atoms with Crippen molar-refractivity contribution >= 4 is 12.2 Å². The van der Waals surface area contributed by atoms with Gasteiger partial charge in [0.25, 0.3) is 5.91 Å². The normalized spacial score (nSPS) is 29.0. The highest BCUT2D eigenvalue weighted by Crippen LogP contribution is 2.60. The van der Waals surface area contributed by atoms with E-state index in [0.717, 1.165) is 73.1 Å². The first-order valence-electron chi connectivity index (χ1n) is 16.2. The van der Waals surface area contributed by atoms with Crippen LogP contribution < -0.4 is 5.32 Å². The average Bonchev–Trinajstić information content (AvgIpc) is 3.95. The van der Waals surface area contributed by atoms with Crippen molar-refractivity contribution < 1.29 is 19.4 Å². The molecule has 1 amide bonds. The Morgan fingerprint density at radius 2 is 1.74 bits per heavy atom. The van der Waals surface area contributed by atoms with Crippen molar-refractivity contribution in [1.82, 2.24) is 10.2 Å². The van der Waals surface area contributed by atoms with E-state index in [9.17, 15) is 14.7 Å². The van der Waals surface area contributed by atoms with Gasteiger partial charge in [-0.15, -0.1) is 0 Å². The smallest absolute Gasteiger partial charge is 0.255 e. The number of amides is 1. The van der Waals surface area contributed by atoms with E-state index >= 15 is 0 Å². The molecule has 0 aromatic heterocycles. The van der Waals surface area contributed by atoms with Gasteiger partial charge in [-0.25, -0.2) is 0 Å². The lowest BCUT2D eigenvalue weighted by Crippen LogP contribution is -2.60. The zero-order valence-electron chi connectivity index (χ0n) is 24.6. The van der Waals surface area contributed by atoms with Gasteiger partial charge in [0, 0.05) is 35.7 Å². The van der Waals surface area contributed by atoms with Crippen LogP contribution in [-0.2, 0) is 23.0 Å². The molecule has 2 saturated heterocycles. The number of benzene rings is 3. The minimum absolute atomic E-state index is 0.107. The number of nitrogens with zero attached hydrogens (tertiary/aromatic N) is 1. The average molecular weight is 577 g/mol. The zero-order valence-corrected chi connectivity index (χ0v) is 24.6. The van der Waals surface area contributed by atoms with Gasteiger partial charge >= 0.3 is 0 Å². The van der Waals surface area contributed by atoms with E-state index in [4.69, 9.17) is 4.74 Å². The molecule has 5 aliphatic rings. The number of phenolic OH excluding ortho intramolecular Hbond substituents is 1. The van der Waals surface area contributed by atoms with E-state index in [0.29, 0.717) is 48.3 Å². The molecule has 2 saturated carbocycles. The number of aldehydes is 1. The highest BCUT2D eigenvalue weighted by atomic mass is 16.6. The number of aromatic hydroxyl groups is 1. The lowest BCUT2D eigenvalue weighted by molar-refractivity contribution is -0.00290. The summed E-state index contributed by atoms with van der Waals surface area (Å²) in [6.07, 6.45) is 10.2. The fourth-order valence-electron chi connectivity index (χ4n) is 8.70. The van der Waals surface area contributed by atoms with Crippen molar-refractivity contribution in [2.45, 2.75) is 75.0 Å². The van der Waals surface area contributed by atoms with Crippen LogP contribution in [0.5, 0.6) is 5.75 Å². The molecule has 5 unspecified atom stereocenters. The molecule has 222 valence electrons. The maximum absolute atomic E-state index is 13.5. The van der Waals surface area contributed by atoms with Crippen LogP contribution in [0.3, 0.4) is 0 Å². The van der Waals surface area contributed by atoms with Gasteiger partial charge in [-0.3, -0.25) is 14.5 Å². The summed E-state index contributed by atoms with van der Waals surface area (Å²) in [5.74, 6) is 1.38. The Labute approximate surface area is 253 Å². The van der Waals surface area contributed by atoms with Gasteiger partial charge in [0.2, 0.25) is 0 Å². The van der Waals surface area contributed by atoms with Crippen LogP contribution in [0.4, 0.5) is 0 Å². The van der Waals surface area contributed by atoms with Gasteiger partial charge in [0.15, 0.2) is 0 Å². The molecule has 0 spiro atoms. The van der Waals surface area contributed by atoms with Crippen LogP contribution in [-0.4, -0.2) is 60.1 Å². The number of hydrogen-bond donors (Lipinski definition) is 2. The molecule has 3 aromatic rings. The van der Waals surface area contributed by atoms with E-state index in [1.165, 1.54) is 24.9 Å². The monoisotopic (exact) mass is 576 g/mol. The van der Waals surface area contributed by atoms with Crippen molar-refractivity contribution in [3.63, 3.8) is 0 Å². The van der Waals surface area contributed by atoms with Crippen molar-refractivity contribution in [3.8, 4) is 16.9 Å². The van der Waals surface area contributed by atoms with Gasteiger partial charge in [0.05, 0.1) is 17.8 Å². The number of nitrogens with one attached hydrogen (secondary N) is 1. The van der Waals surface area contributed by atoms with Crippen molar-refractivity contribution in [3.05, 3.63) is 88.5 Å². The van der Waals surface area contributed by atoms with Crippen molar-refractivity contribution in [2.24, 2.45) is 11.8 Å². The molecule has 8 rings (SSSR count). The second kappa shape index (κ2) is 10.6. The Kier molecular flexibility index (Phi) is 6.68. The first-order chi connectivity index (χ1) is 21.0. The van der Waals surface area contributed by atoms with E-state index < -0.39 is 0 Å². The molecule has 2 heterocycles. The summed E-state index contributed by atoms with van der Waals surface area (Å²) < 4.78 is 6.08. The molecule has 6 nitrogen and oxygen atoms in total. The number of likely N-dealkylation sites (tertiary alicyclic amines) is 1. The molecular formula is C37H40N2O4. The molecule has 4 fully saturated rings. The summed E-state index contributed by atoms with van der Waals surface area (Å²) in [5, 5.41) is 14.9. The van der Waals surface area contributed by atoms with Crippen molar-refractivity contribution in [2.75, 3.05) is 19.6 Å². The van der Waals surface area contributed by atoms with Crippen LogP contribution >= 0.6 is 0 Å². The zero-order chi connectivity index (χ0) is 29.1. The van der Waals surface area contributed by atoms with Crippen molar-refractivity contribution in [1.29, 1.82) is 0 Å². The summed E-state index contributed by atoms with van der Waals surface area (Å²) in [7, 11) is 0. The molecule has 6 heteroatoms. The number of fused-ring (bicyclic) bond motifs is 2. The molecular weight excluding hydrogens is 536 g/mol. The number of piperidine rings is 1. The molecule has 43 heavy (non-hydrogen) atoms. The predicted molar refractivity (Wildman–Crippen MR) is 165 cm³/mol. The Balaban J connectivity index is 0.988. The predicted octanol–water partition coefficient (Wildman–Crippen LogP) is 5.69. The van der Waals surface area contributed by atoms with E-state index in [1.807, 2.05) is 30.3 Å². The molecule has 3 aliphatic carbocycles. The number of rotatable bonds is 8. The first-order valence-corrected chi connectivity index (χ1v) is 16.2. The maximum atomic E-state index is 13.5. The number of carbonyl (C=O) groups is 2. The van der Waals surface area contributed by atoms with Gasteiger partial charge in [-0.05, 0) is 98.1 Å². The highest BCUT2D eigenvalue weighted by molar-refractivity contribution is 5.97. The van der Waals surface area contributed by atoms with Crippen LogP contribution in [0, 0.1) is 11.8 Å². The second-order valence-corrected chi connectivity index (χ2v) is 13.7. The van der Waals surface area contributed by atoms with Gasteiger partial charge in [0.1, 0.15) is 12.0 Å². The van der Waals surface area contributed by atoms with Crippen LogP contribution in [0.2, 0.25) is 0 Å². The maximum Gasteiger partial charge on any atom is 0.255 e. The first kappa shape index (κ1) is 27.1. The van der Waals surface area contributed by atoms with E-state index in [1.54, 1.807) is 0 Å². The number of carbonyl (C=O) groups excluding carboxylic acids is 2. The topological polar surface area (TPSA) is 82.2 Å². The molecule has 0 radical (unpaired) electrons. The fourth-order valence-corrected chi connectivity index (χ4v) is 8.70. The van der Waals surface area contributed by atoms with Gasteiger partial charge in [-0.1, -0.05) is 54.6 Å². The molecule has 2 aliphatic heterocycles. The number of phenols is 1. The van der Waals surface area contributed by atoms with Gasteiger partial charge < -0.3 is 15.2 Å². The highest BCUT2D eigenvalue weighted by Gasteiger charge is 2.60. The number of hydrogen-bond acceptors (Lipinski definition) is 5. The third-order valence-corrected chi connectivity index (χ3v) is 11.2. The summed E-state index contributed by atoms with van der Waals surface area (Å²) >= 11 is 0. The fraction of sp³-hybridized carbons (Fsp3) is 0.459. The summed E-state index contributed by atoms with van der Waals surface area (Å²) in [4.78, 5) is 27.2. The number of epoxide rings is 1. The Morgan fingerprint density at radius 1 is 0.977 bits per heavy atom. The number of ether oxygens (including phenoxy) is 1. The third kappa shape index (κ3) is 4.89. The molecule has 2 bridgehead atoms. The standard InChI is InChI=1S/C37H40N2O4/c40-22-25-5-9-27(10-6-25)26-7-3-23(4-8-26)15-17-38-36(42)29-12-11-28-19-31-30-13-14-32-33(43-32)20-37(30,34(28)35(29)41)16-18-39(31)21-24-1-2-24/h3-12,22,24,30-33,41H,1-2,13-21H2,(H,38,42). The summed E-state index contributed by atoms with van der Waals surface area (Å²) in [6, 6.07) is 20.4. The molecule has 5 atom stereocenters. The largest absolute Gasteiger partial charge is 0.507 e. The van der Waals surface area contributed by atoms with Crippen LogP contribution in [0.25, 0.3) is 11.1 Å². The third-order valence-electron chi connectivity index (χ3n) is 11.2. The summed E-state index contributed by atoms with van der Waals surface area (Å²) in [6.45, 7) is 2.79. The molecule has 2 N–H and O–H groups in total. The molecule has 3 aromatic carbocycles.